The van der Waals surface area contributed by atoms with E-state index in [-0.39, 0.29) is 24.7 Å². The second-order valence-corrected chi connectivity index (χ2v) is 7.04. The Morgan fingerprint density at radius 2 is 1.88 bits per heavy atom. The Balaban J connectivity index is 2.05. The van der Waals surface area contributed by atoms with Gasteiger partial charge in [0.15, 0.2) is 5.82 Å². The first kappa shape index (κ1) is 19.0. The molecule has 26 heavy (non-hydrogen) atoms. The van der Waals surface area contributed by atoms with Crippen LogP contribution in [0.25, 0.3) is 5.69 Å². The van der Waals surface area contributed by atoms with Gasteiger partial charge in [0, 0.05) is 13.2 Å². The number of thioether (sulfide) groups is 1. The number of hydrogen-bond acceptors (Lipinski definition) is 6. The number of alkyl halides is 3. The fourth-order valence-corrected chi connectivity index (χ4v) is 4.13. The van der Waals surface area contributed by atoms with Crippen molar-refractivity contribution >= 4 is 17.4 Å². The molecule has 0 amide bonds. The van der Waals surface area contributed by atoms with Gasteiger partial charge in [-0.25, -0.2) is 0 Å². The quantitative estimate of drug-likeness (QED) is 0.561. The van der Waals surface area contributed by atoms with E-state index < -0.39 is 11.7 Å². The Labute approximate surface area is 152 Å². The summed E-state index contributed by atoms with van der Waals surface area (Å²) >= 11 is 1.08. The zero-order valence-electron chi connectivity index (χ0n) is 13.9. The molecule has 1 atom stereocenters. The van der Waals surface area contributed by atoms with Crippen LogP contribution in [0.1, 0.15) is 29.6 Å². The maximum atomic E-state index is 13.9. The van der Waals surface area contributed by atoms with E-state index in [4.69, 9.17) is 10.2 Å². The number of halogens is 3. The second kappa shape index (κ2) is 7.85. The standard InChI is InChI=1S/C16H19F3N4O2S/c17-16(18,19)23-12-5-4-11(3-1-6-24)9-13(12)22-10-20-21-14(22)15(23)26-8-2-7-25/h4-5,9-10,15,24-25H,1-3,6-8H2. The third-order valence-corrected chi connectivity index (χ3v) is 5.33. The van der Waals surface area contributed by atoms with Crippen molar-refractivity contribution in [2.45, 2.75) is 30.9 Å². The molecule has 2 heterocycles. The molecule has 0 aliphatic carbocycles. The second-order valence-electron chi connectivity index (χ2n) is 5.85. The number of fused-ring (bicyclic) bond motifs is 3. The predicted octanol–water partition coefficient (Wildman–Crippen LogP) is 2.65. The van der Waals surface area contributed by atoms with E-state index in [0.717, 1.165) is 17.3 Å². The predicted molar refractivity (Wildman–Crippen MR) is 92.2 cm³/mol. The molecule has 0 fully saturated rings. The van der Waals surface area contributed by atoms with Gasteiger partial charge in [0.2, 0.25) is 0 Å². The fraction of sp³-hybridized carbons (Fsp3) is 0.500. The summed E-state index contributed by atoms with van der Waals surface area (Å²) in [6.45, 7) is -0.0591. The zero-order valence-corrected chi connectivity index (χ0v) is 14.7. The van der Waals surface area contributed by atoms with E-state index >= 15 is 0 Å². The van der Waals surface area contributed by atoms with Gasteiger partial charge in [-0.3, -0.25) is 9.47 Å². The summed E-state index contributed by atoms with van der Waals surface area (Å²) in [5.41, 5.74) is 1.25. The van der Waals surface area contributed by atoms with Gasteiger partial charge in [0.05, 0.1) is 11.4 Å². The lowest BCUT2D eigenvalue weighted by atomic mass is 10.1. The minimum Gasteiger partial charge on any atom is -0.396 e. The number of aliphatic hydroxyl groups is 2. The van der Waals surface area contributed by atoms with Crippen molar-refractivity contribution in [3.8, 4) is 5.69 Å². The van der Waals surface area contributed by atoms with Gasteiger partial charge in [-0.1, -0.05) is 6.07 Å². The molecular weight excluding hydrogens is 369 g/mol. The lowest BCUT2D eigenvalue weighted by Crippen LogP contribution is -2.43. The van der Waals surface area contributed by atoms with E-state index in [1.807, 2.05) is 0 Å². The summed E-state index contributed by atoms with van der Waals surface area (Å²) in [7, 11) is 0. The molecule has 1 aliphatic rings. The van der Waals surface area contributed by atoms with E-state index in [1.54, 1.807) is 16.7 Å². The van der Waals surface area contributed by atoms with E-state index in [1.165, 1.54) is 12.4 Å². The highest BCUT2D eigenvalue weighted by Gasteiger charge is 2.48. The third-order valence-electron chi connectivity index (χ3n) is 4.06. The highest BCUT2D eigenvalue weighted by Crippen LogP contribution is 2.48. The molecule has 1 aliphatic heterocycles. The topological polar surface area (TPSA) is 74.4 Å². The van der Waals surface area contributed by atoms with Crippen LogP contribution in [0, 0.1) is 0 Å². The smallest absolute Gasteiger partial charge is 0.396 e. The summed E-state index contributed by atoms with van der Waals surface area (Å²) in [5.74, 6) is 0.571. The largest absolute Gasteiger partial charge is 0.486 e. The molecule has 0 bridgehead atoms. The van der Waals surface area contributed by atoms with Crippen LogP contribution in [0.5, 0.6) is 0 Å². The highest BCUT2D eigenvalue weighted by atomic mass is 32.2. The van der Waals surface area contributed by atoms with Gasteiger partial charge < -0.3 is 10.2 Å². The van der Waals surface area contributed by atoms with Gasteiger partial charge in [0.1, 0.15) is 11.7 Å². The van der Waals surface area contributed by atoms with Crippen LogP contribution in [0.15, 0.2) is 24.5 Å². The normalized spacial score (nSPS) is 16.5. The molecule has 142 valence electrons. The first-order valence-corrected chi connectivity index (χ1v) is 9.25. The fourth-order valence-electron chi connectivity index (χ4n) is 2.92. The van der Waals surface area contributed by atoms with Crippen molar-refractivity contribution in [3.63, 3.8) is 0 Å². The van der Waals surface area contributed by atoms with Gasteiger partial charge in [0.25, 0.3) is 0 Å². The maximum Gasteiger partial charge on any atom is 0.486 e. The number of aryl methyl sites for hydroxylation is 1. The number of hydrogen-bond donors (Lipinski definition) is 2. The van der Waals surface area contributed by atoms with Crippen LogP contribution < -0.4 is 4.90 Å². The number of rotatable bonds is 7. The molecule has 1 aromatic carbocycles. The summed E-state index contributed by atoms with van der Waals surface area (Å²) in [6, 6.07) is 4.79. The van der Waals surface area contributed by atoms with Crippen molar-refractivity contribution in [1.29, 1.82) is 0 Å². The van der Waals surface area contributed by atoms with Gasteiger partial charge >= 0.3 is 6.30 Å². The van der Waals surface area contributed by atoms with Crippen molar-refractivity contribution in [3.05, 3.63) is 35.9 Å². The van der Waals surface area contributed by atoms with Crippen LogP contribution in [0.3, 0.4) is 0 Å². The molecule has 0 saturated carbocycles. The molecule has 0 radical (unpaired) electrons. The average Bonchev–Trinajstić information content (AvgIpc) is 3.09. The Morgan fingerprint density at radius 3 is 2.58 bits per heavy atom. The van der Waals surface area contributed by atoms with Gasteiger partial charge in [-0.15, -0.1) is 22.0 Å². The number of benzene rings is 1. The lowest BCUT2D eigenvalue weighted by molar-refractivity contribution is -0.132. The third kappa shape index (κ3) is 3.67. The minimum absolute atomic E-state index is 0.0210. The Morgan fingerprint density at radius 1 is 1.12 bits per heavy atom. The molecular formula is C16H19F3N4O2S. The van der Waals surface area contributed by atoms with Crippen LogP contribution >= 0.6 is 11.8 Å². The van der Waals surface area contributed by atoms with Crippen LogP contribution in [0.2, 0.25) is 0 Å². The first-order valence-electron chi connectivity index (χ1n) is 8.20. The number of nitrogens with zero attached hydrogens (tertiary/aromatic N) is 4. The van der Waals surface area contributed by atoms with Crippen molar-refractivity contribution in [1.82, 2.24) is 14.8 Å². The Kier molecular flexibility index (Phi) is 5.73. The van der Waals surface area contributed by atoms with E-state index in [0.29, 0.717) is 35.6 Å². The van der Waals surface area contributed by atoms with E-state index in [2.05, 4.69) is 10.2 Å². The molecule has 1 aromatic heterocycles. The lowest BCUT2D eigenvalue weighted by Gasteiger charge is -2.38. The van der Waals surface area contributed by atoms with Crippen molar-refractivity contribution in [2.75, 3.05) is 23.9 Å². The molecule has 3 rings (SSSR count). The average molecular weight is 388 g/mol. The molecule has 1 unspecified atom stereocenters. The molecule has 0 spiro atoms. The monoisotopic (exact) mass is 388 g/mol. The Hall–Kier alpha value is -1.78. The molecule has 0 saturated heterocycles. The number of aliphatic hydroxyl groups excluding tert-OH is 2. The maximum absolute atomic E-state index is 13.9. The molecule has 2 aromatic rings. The number of aromatic nitrogens is 3. The molecule has 10 heteroatoms. The summed E-state index contributed by atoms with van der Waals surface area (Å²) < 4.78 is 43.1. The van der Waals surface area contributed by atoms with Gasteiger partial charge in [-0.05, 0) is 42.7 Å². The highest BCUT2D eigenvalue weighted by molar-refractivity contribution is 7.99. The SMILES string of the molecule is OCCCSC1c2nncn2-c2cc(CCCO)ccc2N1C(F)(F)F. The van der Waals surface area contributed by atoms with Gasteiger partial charge in [-0.2, -0.15) is 13.2 Å². The summed E-state index contributed by atoms with van der Waals surface area (Å²) in [5, 5.41) is 24.6. The number of anilines is 1. The van der Waals surface area contributed by atoms with Crippen LogP contribution in [-0.2, 0) is 6.42 Å². The minimum atomic E-state index is -4.59. The van der Waals surface area contributed by atoms with Crippen LogP contribution in [0.4, 0.5) is 18.9 Å². The Bertz CT molecular complexity index is 753. The summed E-state index contributed by atoms with van der Waals surface area (Å²) in [6.07, 6.45) is -1.67. The van der Waals surface area contributed by atoms with Crippen molar-refractivity contribution < 1.29 is 23.4 Å². The van der Waals surface area contributed by atoms with E-state index in [9.17, 15) is 13.2 Å². The molecule has 6 nitrogen and oxygen atoms in total. The van der Waals surface area contributed by atoms with Crippen molar-refractivity contribution in [2.24, 2.45) is 0 Å². The molecule has 2 N–H and O–H groups in total. The zero-order chi connectivity index (χ0) is 18.7. The summed E-state index contributed by atoms with van der Waals surface area (Å²) in [4.78, 5) is 0.407. The first-order chi connectivity index (χ1) is 12.5. The van der Waals surface area contributed by atoms with Crippen LogP contribution in [-0.4, -0.2) is 50.2 Å².